The molecule has 5 heteroatoms. The summed E-state index contributed by atoms with van der Waals surface area (Å²) in [5.74, 6) is 0.0213. The van der Waals surface area contributed by atoms with Crippen LogP contribution in [0.5, 0.6) is 0 Å². The van der Waals surface area contributed by atoms with Crippen LogP contribution in [0.4, 0.5) is 0 Å². The Morgan fingerprint density at radius 2 is 2.42 bits per heavy atom. The van der Waals surface area contributed by atoms with Crippen LogP contribution in [0.2, 0.25) is 0 Å². The molecule has 0 bridgehead atoms. The summed E-state index contributed by atoms with van der Waals surface area (Å²) < 4.78 is 5.39. The van der Waals surface area contributed by atoms with Crippen molar-refractivity contribution in [1.82, 2.24) is 10.6 Å². The molecule has 0 spiro atoms. The Hall–Kier alpha value is -0.910. The van der Waals surface area contributed by atoms with Gasteiger partial charge in [0.1, 0.15) is 0 Å². The number of hydrogen-bond acceptors (Lipinski definition) is 4. The zero-order valence-corrected chi connectivity index (χ0v) is 12.3. The molecule has 1 aliphatic rings. The predicted octanol–water partition coefficient (Wildman–Crippen LogP) is 1.94. The van der Waals surface area contributed by atoms with Crippen molar-refractivity contribution in [1.29, 1.82) is 0 Å². The zero-order valence-electron chi connectivity index (χ0n) is 11.5. The first-order valence-corrected chi connectivity index (χ1v) is 7.73. The smallest absolute Gasteiger partial charge is 0.227 e. The molecular formula is C14H22N2O2S. The summed E-state index contributed by atoms with van der Waals surface area (Å²) in [7, 11) is 1.88. The van der Waals surface area contributed by atoms with Crippen molar-refractivity contribution in [2.75, 3.05) is 20.3 Å². The minimum absolute atomic E-state index is 0.0793. The summed E-state index contributed by atoms with van der Waals surface area (Å²) in [5, 5.41) is 8.38. The quantitative estimate of drug-likeness (QED) is 0.838. The van der Waals surface area contributed by atoms with E-state index in [1.54, 1.807) is 11.3 Å². The van der Waals surface area contributed by atoms with Gasteiger partial charge in [-0.05, 0) is 24.9 Å². The lowest BCUT2D eigenvalue weighted by Gasteiger charge is -2.21. The Bertz CT molecular complexity index is 394. The van der Waals surface area contributed by atoms with Crippen molar-refractivity contribution in [2.45, 2.75) is 31.8 Å². The number of amides is 1. The Morgan fingerprint density at radius 3 is 3.05 bits per heavy atom. The highest BCUT2D eigenvalue weighted by Crippen LogP contribution is 2.24. The number of hydrogen-bond donors (Lipinski definition) is 2. The average molecular weight is 282 g/mol. The van der Waals surface area contributed by atoms with Crippen molar-refractivity contribution in [3.8, 4) is 0 Å². The molecule has 106 valence electrons. The molecule has 0 aliphatic carbocycles. The number of nitrogens with one attached hydrogen (secondary N) is 2. The number of rotatable bonds is 6. The molecule has 3 atom stereocenters. The first-order chi connectivity index (χ1) is 9.26. The fraction of sp³-hybridized carbons (Fsp3) is 0.643. The third kappa shape index (κ3) is 3.55. The molecule has 1 aromatic rings. The van der Waals surface area contributed by atoms with Gasteiger partial charge in [0.05, 0.1) is 25.2 Å². The van der Waals surface area contributed by atoms with Crippen LogP contribution < -0.4 is 10.6 Å². The summed E-state index contributed by atoms with van der Waals surface area (Å²) in [6, 6.07) is 4.39. The van der Waals surface area contributed by atoms with E-state index in [0.29, 0.717) is 13.2 Å². The van der Waals surface area contributed by atoms with Gasteiger partial charge in [0.15, 0.2) is 0 Å². The molecule has 1 fully saturated rings. The molecule has 4 nitrogen and oxygen atoms in total. The Morgan fingerprint density at radius 1 is 1.58 bits per heavy atom. The van der Waals surface area contributed by atoms with Gasteiger partial charge in [-0.1, -0.05) is 19.4 Å². The van der Waals surface area contributed by atoms with Gasteiger partial charge in [-0.25, -0.2) is 0 Å². The number of ether oxygens (including phenoxy) is 1. The molecule has 2 rings (SSSR count). The lowest BCUT2D eigenvalue weighted by molar-refractivity contribution is -0.126. The number of carbonyl (C=O) groups is 1. The first kappa shape index (κ1) is 14.5. The number of likely N-dealkylation sites (N-methyl/N-ethyl adjacent to an activating group) is 1. The maximum absolute atomic E-state index is 12.4. The van der Waals surface area contributed by atoms with Crippen LogP contribution in [-0.2, 0) is 9.53 Å². The summed E-state index contributed by atoms with van der Waals surface area (Å²) in [5.41, 5.74) is 0. The molecule has 0 radical (unpaired) electrons. The second kappa shape index (κ2) is 7.03. The molecular weight excluding hydrogens is 260 g/mol. The van der Waals surface area contributed by atoms with E-state index in [2.05, 4.69) is 29.0 Å². The van der Waals surface area contributed by atoms with E-state index in [1.165, 1.54) is 4.88 Å². The third-order valence-corrected chi connectivity index (χ3v) is 4.55. The highest BCUT2D eigenvalue weighted by Gasteiger charge is 2.34. The topological polar surface area (TPSA) is 50.4 Å². The van der Waals surface area contributed by atoms with Crippen molar-refractivity contribution in [2.24, 2.45) is 5.92 Å². The maximum atomic E-state index is 12.4. The third-order valence-electron chi connectivity index (χ3n) is 3.57. The lowest BCUT2D eigenvalue weighted by atomic mass is 10.0. The summed E-state index contributed by atoms with van der Waals surface area (Å²) in [6.07, 6.45) is 2.03. The minimum atomic E-state index is -0.0793. The monoisotopic (exact) mass is 282 g/mol. The summed E-state index contributed by atoms with van der Waals surface area (Å²) in [4.78, 5) is 13.6. The molecule has 19 heavy (non-hydrogen) atoms. The Labute approximate surface area is 118 Å². The number of carbonyl (C=O) groups excluding carboxylic acids is 1. The van der Waals surface area contributed by atoms with Gasteiger partial charge in [0.2, 0.25) is 5.91 Å². The second-order valence-electron chi connectivity index (χ2n) is 4.90. The maximum Gasteiger partial charge on any atom is 0.227 e. The molecule has 1 aliphatic heterocycles. The highest BCUT2D eigenvalue weighted by molar-refractivity contribution is 7.10. The molecule has 3 unspecified atom stereocenters. The molecule has 1 saturated heterocycles. The van der Waals surface area contributed by atoms with Crippen LogP contribution >= 0.6 is 11.3 Å². The van der Waals surface area contributed by atoms with Gasteiger partial charge in [-0.3, -0.25) is 4.79 Å². The van der Waals surface area contributed by atoms with Crippen LogP contribution in [-0.4, -0.2) is 32.2 Å². The SMILES string of the molecule is CCCC(NC(=O)C1COCC1NC)c1cccs1. The van der Waals surface area contributed by atoms with Crippen LogP contribution in [0.15, 0.2) is 17.5 Å². The normalized spacial score (nSPS) is 24.3. The van der Waals surface area contributed by atoms with Crippen molar-refractivity contribution < 1.29 is 9.53 Å². The molecule has 2 heterocycles. The van der Waals surface area contributed by atoms with Gasteiger partial charge >= 0.3 is 0 Å². The minimum Gasteiger partial charge on any atom is -0.379 e. The van der Waals surface area contributed by atoms with Gasteiger partial charge in [-0.2, -0.15) is 0 Å². The molecule has 0 aromatic carbocycles. The van der Waals surface area contributed by atoms with Crippen molar-refractivity contribution in [3.63, 3.8) is 0 Å². The van der Waals surface area contributed by atoms with E-state index in [1.807, 2.05) is 13.1 Å². The van der Waals surface area contributed by atoms with Gasteiger partial charge in [0, 0.05) is 10.9 Å². The van der Waals surface area contributed by atoms with Gasteiger partial charge in [0.25, 0.3) is 0 Å². The second-order valence-corrected chi connectivity index (χ2v) is 5.88. The van der Waals surface area contributed by atoms with Crippen molar-refractivity contribution in [3.05, 3.63) is 22.4 Å². The average Bonchev–Trinajstić information content (AvgIpc) is 3.09. The fourth-order valence-electron chi connectivity index (χ4n) is 2.44. The van der Waals surface area contributed by atoms with E-state index in [4.69, 9.17) is 4.74 Å². The Kier molecular flexibility index (Phi) is 5.36. The standard InChI is InChI=1S/C14H22N2O2S/c1-3-5-11(13-6-4-7-19-13)16-14(17)10-8-18-9-12(10)15-2/h4,6-7,10-12,15H,3,5,8-9H2,1-2H3,(H,16,17). The van der Waals surface area contributed by atoms with E-state index < -0.39 is 0 Å². The molecule has 2 N–H and O–H groups in total. The molecule has 1 aromatic heterocycles. The Balaban J connectivity index is 1.99. The first-order valence-electron chi connectivity index (χ1n) is 6.85. The number of thiophene rings is 1. The van der Waals surface area contributed by atoms with E-state index >= 15 is 0 Å². The summed E-state index contributed by atoms with van der Waals surface area (Å²) in [6.45, 7) is 3.27. The van der Waals surface area contributed by atoms with E-state index in [-0.39, 0.29) is 23.9 Å². The molecule has 0 saturated carbocycles. The van der Waals surface area contributed by atoms with Crippen LogP contribution in [0, 0.1) is 5.92 Å². The van der Waals surface area contributed by atoms with Crippen LogP contribution in [0.3, 0.4) is 0 Å². The largest absolute Gasteiger partial charge is 0.379 e. The lowest BCUT2D eigenvalue weighted by Crippen LogP contribution is -2.43. The zero-order chi connectivity index (χ0) is 13.7. The van der Waals surface area contributed by atoms with Gasteiger partial charge in [-0.15, -0.1) is 11.3 Å². The summed E-state index contributed by atoms with van der Waals surface area (Å²) >= 11 is 1.70. The van der Waals surface area contributed by atoms with E-state index in [0.717, 1.165) is 12.8 Å². The van der Waals surface area contributed by atoms with Crippen LogP contribution in [0.1, 0.15) is 30.7 Å². The van der Waals surface area contributed by atoms with Crippen molar-refractivity contribution >= 4 is 17.2 Å². The van der Waals surface area contributed by atoms with Gasteiger partial charge < -0.3 is 15.4 Å². The predicted molar refractivity (Wildman–Crippen MR) is 77.3 cm³/mol. The highest BCUT2D eigenvalue weighted by atomic mass is 32.1. The van der Waals surface area contributed by atoms with E-state index in [9.17, 15) is 4.79 Å². The van der Waals surface area contributed by atoms with Crippen LogP contribution in [0.25, 0.3) is 0 Å². The fourth-order valence-corrected chi connectivity index (χ4v) is 3.25. The molecule has 1 amide bonds.